The van der Waals surface area contributed by atoms with E-state index in [1.54, 1.807) is 12.4 Å². The van der Waals surface area contributed by atoms with Gasteiger partial charge in [-0.2, -0.15) is 0 Å². The van der Waals surface area contributed by atoms with Gasteiger partial charge in [0.15, 0.2) is 11.3 Å². The van der Waals surface area contributed by atoms with Crippen LogP contribution in [0.3, 0.4) is 0 Å². The van der Waals surface area contributed by atoms with Crippen LogP contribution in [-0.2, 0) is 0 Å². The van der Waals surface area contributed by atoms with Crippen LogP contribution in [0.25, 0.3) is 22.7 Å². The van der Waals surface area contributed by atoms with Crippen LogP contribution < -0.4 is 10.6 Å². The molecule has 0 aliphatic rings. The highest BCUT2D eigenvalue weighted by molar-refractivity contribution is 5.75. The number of imidazole rings is 1. The van der Waals surface area contributed by atoms with E-state index < -0.39 is 0 Å². The molecule has 6 heteroatoms. The quantitative estimate of drug-likeness (QED) is 0.151. The van der Waals surface area contributed by atoms with Crippen molar-refractivity contribution in [3.8, 4) is 11.4 Å². The third-order valence-corrected chi connectivity index (χ3v) is 8.81. The van der Waals surface area contributed by atoms with Crippen LogP contribution in [0.4, 0.5) is 11.4 Å². The standard InChI is InChI=1S/C41H46N6/c1-27(2)33-21-15-22-34(28(3)4)37(33)45-39-40(43-26-25-42-39)46(38-35(29(5)6)23-16-24-36(38)30(7)8)41(45)44-47(31-17-11-9-12-18-31)32-19-13-10-14-20-32/h9-30H,1-8H3. The molecule has 47 heavy (non-hydrogen) atoms. The number of anilines is 2. The first-order valence-corrected chi connectivity index (χ1v) is 16.8. The summed E-state index contributed by atoms with van der Waals surface area (Å²) in [6.45, 7) is 18.1. The number of rotatable bonds is 9. The lowest BCUT2D eigenvalue weighted by Crippen LogP contribution is -2.31. The molecule has 0 amide bonds. The van der Waals surface area contributed by atoms with Crippen LogP contribution in [0.2, 0.25) is 0 Å². The van der Waals surface area contributed by atoms with Crippen LogP contribution in [0.5, 0.6) is 0 Å². The second-order valence-electron chi connectivity index (χ2n) is 13.4. The van der Waals surface area contributed by atoms with Gasteiger partial charge in [0.05, 0.1) is 22.7 Å². The van der Waals surface area contributed by atoms with Crippen molar-refractivity contribution in [2.75, 3.05) is 5.01 Å². The minimum atomic E-state index is 0.271. The molecule has 0 saturated heterocycles. The fraction of sp³-hybridized carbons (Fsp3) is 0.293. The van der Waals surface area contributed by atoms with Crippen molar-refractivity contribution in [1.29, 1.82) is 0 Å². The maximum absolute atomic E-state index is 5.67. The summed E-state index contributed by atoms with van der Waals surface area (Å²) >= 11 is 0. The Morgan fingerprint density at radius 1 is 0.468 bits per heavy atom. The molecule has 0 saturated carbocycles. The van der Waals surface area contributed by atoms with E-state index in [0.29, 0.717) is 0 Å². The van der Waals surface area contributed by atoms with E-state index in [1.165, 1.54) is 22.3 Å². The Hall–Kier alpha value is -4.97. The van der Waals surface area contributed by atoms with Gasteiger partial charge in [0.25, 0.3) is 0 Å². The first kappa shape index (κ1) is 32.0. The van der Waals surface area contributed by atoms with Crippen LogP contribution in [-0.4, -0.2) is 19.1 Å². The second kappa shape index (κ2) is 13.4. The predicted octanol–water partition coefficient (Wildman–Crippen LogP) is 10.4. The number of hydrogen-bond acceptors (Lipinski definition) is 4. The number of fused-ring (bicyclic) bond motifs is 1. The number of aromatic nitrogens is 4. The number of nitrogens with zero attached hydrogens (tertiary/aromatic N) is 6. The van der Waals surface area contributed by atoms with Crippen LogP contribution in [0.1, 0.15) is 101 Å². The molecule has 6 aromatic rings. The average Bonchev–Trinajstić information content (AvgIpc) is 3.40. The van der Waals surface area contributed by atoms with Gasteiger partial charge in [0, 0.05) is 12.4 Å². The maximum atomic E-state index is 5.67. The van der Waals surface area contributed by atoms with Gasteiger partial charge in [-0.3, -0.25) is 9.13 Å². The normalized spacial score (nSPS) is 11.7. The van der Waals surface area contributed by atoms with Crippen molar-refractivity contribution >= 4 is 22.7 Å². The minimum Gasteiger partial charge on any atom is -0.259 e. The first-order chi connectivity index (χ1) is 22.7. The molecular weight excluding hydrogens is 576 g/mol. The summed E-state index contributed by atoms with van der Waals surface area (Å²) in [6, 6.07) is 34.1. The zero-order chi connectivity index (χ0) is 33.2. The highest BCUT2D eigenvalue weighted by Gasteiger charge is 2.27. The summed E-state index contributed by atoms with van der Waals surface area (Å²) in [6.07, 6.45) is 3.59. The molecule has 0 aliphatic heterocycles. The molecule has 2 aromatic heterocycles. The SMILES string of the molecule is CC(C)c1cccc(C(C)C)c1-n1c(=NN(c2ccccc2)c2ccccc2)n(-c2c(C(C)C)cccc2C(C)C)c2nccnc21. The van der Waals surface area contributed by atoms with E-state index in [9.17, 15) is 0 Å². The molecule has 0 unspecified atom stereocenters. The zero-order valence-corrected chi connectivity index (χ0v) is 28.9. The lowest BCUT2D eigenvalue weighted by molar-refractivity contribution is 0.753. The van der Waals surface area contributed by atoms with E-state index in [2.05, 4.69) is 149 Å². The maximum Gasteiger partial charge on any atom is 0.240 e. The van der Waals surface area contributed by atoms with Gasteiger partial charge in [0.2, 0.25) is 5.62 Å². The highest BCUT2D eigenvalue weighted by atomic mass is 15.5. The molecule has 240 valence electrons. The van der Waals surface area contributed by atoms with Crippen LogP contribution in [0, 0.1) is 0 Å². The Labute approximate surface area is 279 Å². The highest BCUT2D eigenvalue weighted by Crippen LogP contribution is 2.36. The molecular formula is C41H46N6. The Morgan fingerprint density at radius 2 is 0.809 bits per heavy atom. The summed E-state index contributed by atoms with van der Waals surface area (Å²) in [5.41, 5.74) is 11.4. The number of hydrogen-bond donors (Lipinski definition) is 0. The smallest absolute Gasteiger partial charge is 0.240 e. The minimum absolute atomic E-state index is 0.271. The van der Waals surface area contributed by atoms with Crippen molar-refractivity contribution in [3.63, 3.8) is 0 Å². The molecule has 6 nitrogen and oxygen atoms in total. The van der Waals surface area contributed by atoms with Gasteiger partial charge in [-0.25, -0.2) is 15.0 Å². The molecule has 0 spiro atoms. The second-order valence-corrected chi connectivity index (χ2v) is 13.4. The van der Waals surface area contributed by atoms with Gasteiger partial charge in [-0.05, 0) is 70.2 Å². The fourth-order valence-corrected chi connectivity index (χ4v) is 6.46. The topological polar surface area (TPSA) is 51.2 Å². The molecule has 0 fully saturated rings. The fourth-order valence-electron chi connectivity index (χ4n) is 6.46. The molecule has 0 bridgehead atoms. The Kier molecular flexibility index (Phi) is 9.12. The van der Waals surface area contributed by atoms with Crippen LogP contribution in [0.15, 0.2) is 115 Å². The molecule has 6 rings (SSSR count). The molecule has 0 aliphatic carbocycles. The summed E-state index contributed by atoms with van der Waals surface area (Å²) in [7, 11) is 0. The molecule has 0 N–H and O–H groups in total. The van der Waals surface area contributed by atoms with Crippen molar-refractivity contribution in [2.45, 2.75) is 79.1 Å². The summed E-state index contributed by atoms with van der Waals surface area (Å²) in [4.78, 5) is 10.1. The molecule has 4 aromatic carbocycles. The number of para-hydroxylation sites is 4. The van der Waals surface area contributed by atoms with Gasteiger partial charge in [0.1, 0.15) is 0 Å². The monoisotopic (exact) mass is 622 g/mol. The Bertz CT molecular complexity index is 1850. The molecule has 2 heterocycles. The van der Waals surface area contributed by atoms with Gasteiger partial charge < -0.3 is 0 Å². The third kappa shape index (κ3) is 6.00. The molecule has 0 atom stereocenters. The Balaban J connectivity index is 1.90. The van der Waals surface area contributed by atoms with E-state index >= 15 is 0 Å². The summed E-state index contributed by atoms with van der Waals surface area (Å²) in [5, 5.41) is 7.71. The van der Waals surface area contributed by atoms with E-state index in [4.69, 9.17) is 15.1 Å². The first-order valence-electron chi connectivity index (χ1n) is 16.8. The largest absolute Gasteiger partial charge is 0.259 e. The van der Waals surface area contributed by atoms with E-state index in [1.807, 2.05) is 17.1 Å². The van der Waals surface area contributed by atoms with Crippen molar-refractivity contribution in [2.24, 2.45) is 5.10 Å². The lowest BCUT2D eigenvalue weighted by Gasteiger charge is -2.24. The lowest BCUT2D eigenvalue weighted by atomic mass is 9.92. The summed E-state index contributed by atoms with van der Waals surface area (Å²) in [5.74, 6) is 1.08. The number of benzene rings is 4. The summed E-state index contributed by atoms with van der Waals surface area (Å²) < 4.78 is 4.54. The van der Waals surface area contributed by atoms with Crippen molar-refractivity contribution < 1.29 is 0 Å². The third-order valence-electron chi connectivity index (χ3n) is 8.81. The van der Waals surface area contributed by atoms with E-state index in [0.717, 1.165) is 39.7 Å². The van der Waals surface area contributed by atoms with Gasteiger partial charge >= 0.3 is 0 Å². The van der Waals surface area contributed by atoms with Gasteiger partial charge in [-0.1, -0.05) is 128 Å². The van der Waals surface area contributed by atoms with Gasteiger partial charge in [-0.15, -0.1) is 5.10 Å². The Morgan fingerprint density at radius 3 is 1.13 bits per heavy atom. The zero-order valence-electron chi connectivity index (χ0n) is 28.9. The van der Waals surface area contributed by atoms with E-state index in [-0.39, 0.29) is 23.7 Å². The molecule has 0 radical (unpaired) electrons. The van der Waals surface area contributed by atoms with Crippen LogP contribution >= 0.6 is 0 Å². The average molecular weight is 623 g/mol. The predicted molar refractivity (Wildman–Crippen MR) is 195 cm³/mol. The van der Waals surface area contributed by atoms with Crippen molar-refractivity contribution in [3.05, 3.63) is 137 Å². The van der Waals surface area contributed by atoms with Crippen molar-refractivity contribution in [1.82, 2.24) is 19.1 Å².